The molecule has 2 unspecified atom stereocenters. The highest BCUT2D eigenvalue weighted by Crippen LogP contribution is 2.11. The van der Waals surface area contributed by atoms with Crippen LogP contribution in [0.3, 0.4) is 0 Å². The molecule has 0 saturated carbocycles. The SMILES string of the molecule is CC.CCCC(C)CC=C(C)C.CCCCC(C)CN. The van der Waals surface area contributed by atoms with Gasteiger partial charge in [-0.2, -0.15) is 0 Å². The predicted molar refractivity (Wildman–Crippen MR) is 97.2 cm³/mol. The average molecular weight is 286 g/mol. The van der Waals surface area contributed by atoms with Crippen LogP contribution in [0.15, 0.2) is 11.6 Å². The van der Waals surface area contributed by atoms with Crippen LogP contribution in [0.1, 0.15) is 93.9 Å². The van der Waals surface area contributed by atoms with Crippen molar-refractivity contribution in [3.63, 3.8) is 0 Å². The third-order valence-electron chi connectivity index (χ3n) is 3.16. The van der Waals surface area contributed by atoms with E-state index in [1.165, 1.54) is 44.1 Å². The van der Waals surface area contributed by atoms with Crippen LogP contribution in [0.2, 0.25) is 0 Å². The summed E-state index contributed by atoms with van der Waals surface area (Å²) in [5, 5.41) is 0. The Bertz CT molecular complexity index is 180. The monoisotopic (exact) mass is 285 g/mol. The van der Waals surface area contributed by atoms with Gasteiger partial charge in [-0.3, -0.25) is 0 Å². The highest BCUT2D eigenvalue weighted by molar-refractivity contribution is 4.93. The van der Waals surface area contributed by atoms with E-state index in [9.17, 15) is 0 Å². The zero-order valence-corrected chi connectivity index (χ0v) is 15.8. The molecule has 0 aliphatic carbocycles. The molecule has 0 rings (SSSR count). The fraction of sp³-hybridized carbons (Fsp3) is 0.895. The molecule has 1 heteroatoms. The maximum absolute atomic E-state index is 5.41. The first-order valence-corrected chi connectivity index (χ1v) is 8.81. The summed E-state index contributed by atoms with van der Waals surface area (Å²) in [6.07, 6.45) is 10.2. The Morgan fingerprint density at radius 1 is 0.950 bits per heavy atom. The standard InChI is InChI=1S/C10H20.C7H17N.C2H6/c1-5-6-10(4)8-7-9(2)3;1-3-4-5-7(2)6-8;1-2/h7,10H,5-6,8H2,1-4H3;7H,3-6,8H2,1-2H3;1-2H3. The molecule has 2 N–H and O–H groups in total. The molecule has 0 aliphatic rings. The number of allylic oxidation sites excluding steroid dienone is 2. The maximum atomic E-state index is 5.41. The van der Waals surface area contributed by atoms with Crippen LogP contribution in [-0.2, 0) is 0 Å². The fourth-order valence-electron chi connectivity index (χ4n) is 1.72. The Kier molecular flexibility index (Phi) is 25.9. The average Bonchev–Trinajstić information content (AvgIpc) is 2.45. The first-order valence-electron chi connectivity index (χ1n) is 8.81. The number of rotatable bonds is 8. The van der Waals surface area contributed by atoms with Crippen molar-refractivity contribution in [2.75, 3.05) is 6.54 Å². The summed E-state index contributed by atoms with van der Waals surface area (Å²) in [6.45, 7) is 18.2. The Balaban J connectivity index is -0.000000262. The maximum Gasteiger partial charge on any atom is -0.00515 e. The smallest absolute Gasteiger partial charge is 0.00515 e. The van der Waals surface area contributed by atoms with E-state index >= 15 is 0 Å². The number of hydrogen-bond acceptors (Lipinski definition) is 1. The molecular weight excluding hydrogens is 242 g/mol. The van der Waals surface area contributed by atoms with E-state index in [2.05, 4.69) is 47.6 Å². The van der Waals surface area contributed by atoms with Crippen molar-refractivity contribution in [1.82, 2.24) is 0 Å². The topological polar surface area (TPSA) is 26.0 Å². The quantitative estimate of drug-likeness (QED) is 0.501. The summed E-state index contributed by atoms with van der Waals surface area (Å²) in [7, 11) is 0. The minimum absolute atomic E-state index is 0.731. The van der Waals surface area contributed by atoms with Crippen LogP contribution in [0.5, 0.6) is 0 Å². The molecule has 0 heterocycles. The van der Waals surface area contributed by atoms with E-state index in [4.69, 9.17) is 5.73 Å². The second-order valence-corrected chi connectivity index (χ2v) is 5.89. The molecule has 2 atom stereocenters. The van der Waals surface area contributed by atoms with Crippen LogP contribution < -0.4 is 5.73 Å². The van der Waals surface area contributed by atoms with E-state index in [1.54, 1.807) is 0 Å². The number of hydrogen-bond donors (Lipinski definition) is 1. The van der Waals surface area contributed by atoms with Gasteiger partial charge in [-0.15, -0.1) is 0 Å². The summed E-state index contributed by atoms with van der Waals surface area (Å²) in [4.78, 5) is 0. The molecule has 0 spiro atoms. The van der Waals surface area contributed by atoms with Crippen molar-refractivity contribution in [3.05, 3.63) is 11.6 Å². The molecule has 124 valence electrons. The number of unbranched alkanes of at least 4 members (excludes halogenated alkanes) is 1. The largest absolute Gasteiger partial charge is 0.330 e. The zero-order valence-electron chi connectivity index (χ0n) is 15.8. The van der Waals surface area contributed by atoms with E-state index < -0.39 is 0 Å². The Morgan fingerprint density at radius 3 is 1.85 bits per heavy atom. The zero-order chi connectivity index (χ0) is 16.4. The van der Waals surface area contributed by atoms with Gasteiger partial charge in [-0.25, -0.2) is 0 Å². The lowest BCUT2D eigenvalue weighted by atomic mass is 10.0. The lowest BCUT2D eigenvalue weighted by molar-refractivity contribution is 0.516. The van der Waals surface area contributed by atoms with Gasteiger partial charge in [0.15, 0.2) is 0 Å². The summed E-state index contributed by atoms with van der Waals surface area (Å²) in [5.74, 6) is 1.61. The number of nitrogens with two attached hydrogens (primary N) is 1. The van der Waals surface area contributed by atoms with E-state index in [-0.39, 0.29) is 0 Å². The van der Waals surface area contributed by atoms with Crippen molar-refractivity contribution in [2.45, 2.75) is 93.9 Å². The van der Waals surface area contributed by atoms with Crippen molar-refractivity contribution < 1.29 is 0 Å². The lowest BCUT2D eigenvalue weighted by Gasteiger charge is -2.05. The molecule has 0 aromatic rings. The van der Waals surface area contributed by atoms with Crippen molar-refractivity contribution in [1.29, 1.82) is 0 Å². The summed E-state index contributed by atoms with van der Waals surface area (Å²) in [6, 6.07) is 0. The highest BCUT2D eigenvalue weighted by Gasteiger charge is 1.96. The van der Waals surface area contributed by atoms with Crippen LogP contribution in [-0.4, -0.2) is 6.54 Å². The van der Waals surface area contributed by atoms with Gasteiger partial charge in [0.05, 0.1) is 0 Å². The fourth-order valence-corrected chi connectivity index (χ4v) is 1.72. The molecule has 0 aliphatic heterocycles. The Labute approximate surface area is 130 Å². The third-order valence-corrected chi connectivity index (χ3v) is 3.16. The summed E-state index contributed by atoms with van der Waals surface area (Å²) in [5.41, 5.74) is 6.86. The highest BCUT2D eigenvalue weighted by atomic mass is 14.5. The van der Waals surface area contributed by atoms with Crippen LogP contribution >= 0.6 is 0 Å². The lowest BCUT2D eigenvalue weighted by Crippen LogP contribution is -2.09. The van der Waals surface area contributed by atoms with Gasteiger partial charge in [-0.1, -0.05) is 78.9 Å². The van der Waals surface area contributed by atoms with Gasteiger partial charge < -0.3 is 5.73 Å². The molecule has 0 bridgehead atoms. The molecule has 0 aromatic carbocycles. The second kappa shape index (κ2) is 21.0. The molecule has 0 aromatic heterocycles. The molecule has 0 amide bonds. The van der Waals surface area contributed by atoms with Crippen molar-refractivity contribution in [3.8, 4) is 0 Å². The van der Waals surface area contributed by atoms with Gasteiger partial charge in [0.2, 0.25) is 0 Å². The van der Waals surface area contributed by atoms with Gasteiger partial charge in [0, 0.05) is 0 Å². The van der Waals surface area contributed by atoms with Crippen molar-refractivity contribution in [2.24, 2.45) is 17.6 Å². The van der Waals surface area contributed by atoms with Crippen LogP contribution in [0, 0.1) is 11.8 Å². The minimum Gasteiger partial charge on any atom is -0.330 e. The third kappa shape index (κ3) is 26.3. The minimum atomic E-state index is 0.731. The second-order valence-electron chi connectivity index (χ2n) is 5.89. The van der Waals surface area contributed by atoms with E-state index in [0.717, 1.165) is 18.4 Å². The first-order chi connectivity index (χ1) is 9.47. The normalized spacial score (nSPS) is 12.2. The van der Waals surface area contributed by atoms with Gasteiger partial charge >= 0.3 is 0 Å². The summed E-state index contributed by atoms with van der Waals surface area (Å²) < 4.78 is 0. The van der Waals surface area contributed by atoms with E-state index in [0.29, 0.717) is 0 Å². The van der Waals surface area contributed by atoms with Crippen LogP contribution in [0.25, 0.3) is 0 Å². The van der Waals surface area contributed by atoms with Gasteiger partial charge in [-0.05, 0) is 45.1 Å². The molecule has 0 fully saturated rings. The molecule has 0 saturated heterocycles. The molecular formula is C19H43N. The van der Waals surface area contributed by atoms with Crippen LogP contribution in [0.4, 0.5) is 0 Å². The predicted octanol–water partition coefficient (Wildman–Crippen LogP) is 6.58. The Morgan fingerprint density at radius 2 is 1.50 bits per heavy atom. The molecule has 1 nitrogen and oxygen atoms in total. The van der Waals surface area contributed by atoms with Crippen molar-refractivity contribution >= 4 is 0 Å². The molecule has 20 heavy (non-hydrogen) atoms. The molecule has 0 radical (unpaired) electrons. The first kappa shape index (κ1) is 24.7. The van der Waals surface area contributed by atoms with Gasteiger partial charge in [0.25, 0.3) is 0 Å². The van der Waals surface area contributed by atoms with Gasteiger partial charge in [0.1, 0.15) is 0 Å². The summed E-state index contributed by atoms with van der Waals surface area (Å²) >= 11 is 0. The Hall–Kier alpha value is -0.300. The van der Waals surface area contributed by atoms with E-state index in [1.807, 2.05) is 13.8 Å².